The van der Waals surface area contributed by atoms with Crippen LogP contribution in [0.15, 0.2) is 18.2 Å². The fraction of sp³-hybridized carbons (Fsp3) is 0.538. The molecule has 0 aromatic heterocycles. The maximum absolute atomic E-state index is 13.9. The second-order valence-corrected chi connectivity index (χ2v) is 4.34. The van der Waals surface area contributed by atoms with Gasteiger partial charge in [-0.05, 0) is 6.54 Å². The van der Waals surface area contributed by atoms with Crippen LogP contribution in [-0.4, -0.2) is 6.54 Å². The Labute approximate surface area is 100 Å². The fourth-order valence-corrected chi connectivity index (χ4v) is 1.54. The average molecular weight is 245 g/mol. The topological polar surface area (TPSA) is 12.0 Å². The first-order valence-corrected chi connectivity index (χ1v) is 5.77. The highest BCUT2D eigenvalue weighted by molar-refractivity contribution is 5.29. The monoisotopic (exact) mass is 245 g/mol. The van der Waals surface area contributed by atoms with Gasteiger partial charge < -0.3 is 5.32 Å². The van der Waals surface area contributed by atoms with Crippen molar-refractivity contribution in [1.29, 1.82) is 0 Å². The molecule has 1 rings (SSSR count). The zero-order valence-electron chi connectivity index (χ0n) is 10.4. The zero-order chi connectivity index (χ0) is 13.1. The lowest BCUT2D eigenvalue weighted by Crippen LogP contribution is -2.24. The molecule has 1 aromatic carbocycles. The Kier molecular flexibility index (Phi) is 4.57. The molecule has 0 aliphatic carbocycles. The highest BCUT2D eigenvalue weighted by atomic mass is 19.3. The van der Waals surface area contributed by atoms with Gasteiger partial charge in [0.1, 0.15) is 5.82 Å². The van der Waals surface area contributed by atoms with Gasteiger partial charge >= 0.3 is 0 Å². The summed E-state index contributed by atoms with van der Waals surface area (Å²) in [5, 5.41) is 2.93. The summed E-state index contributed by atoms with van der Waals surface area (Å²) in [5.41, 5.74) is -0.229. The second-order valence-electron chi connectivity index (χ2n) is 4.34. The van der Waals surface area contributed by atoms with Gasteiger partial charge in [0.2, 0.25) is 0 Å². The van der Waals surface area contributed by atoms with Gasteiger partial charge in [-0.15, -0.1) is 0 Å². The third-order valence-electron chi connectivity index (χ3n) is 2.73. The van der Waals surface area contributed by atoms with E-state index in [2.05, 4.69) is 5.32 Å². The Morgan fingerprint density at radius 2 is 1.94 bits per heavy atom. The Morgan fingerprint density at radius 1 is 1.29 bits per heavy atom. The van der Waals surface area contributed by atoms with Gasteiger partial charge in [-0.3, -0.25) is 0 Å². The van der Waals surface area contributed by atoms with E-state index in [-0.39, 0.29) is 12.1 Å². The molecule has 0 unspecified atom stereocenters. The molecule has 0 fully saturated rings. The fourth-order valence-electron chi connectivity index (χ4n) is 1.54. The van der Waals surface area contributed by atoms with E-state index in [4.69, 9.17) is 0 Å². The molecule has 0 spiro atoms. The van der Waals surface area contributed by atoms with Crippen LogP contribution < -0.4 is 5.32 Å². The predicted molar refractivity (Wildman–Crippen MR) is 62.5 cm³/mol. The molecule has 0 aliphatic rings. The quantitative estimate of drug-likeness (QED) is 0.834. The molecule has 0 atom stereocenters. The Hall–Kier alpha value is -1.03. The minimum absolute atomic E-state index is 0.268. The second kappa shape index (κ2) is 5.54. The van der Waals surface area contributed by atoms with Crippen LogP contribution in [-0.2, 0) is 12.5 Å². The summed E-state index contributed by atoms with van der Waals surface area (Å²) in [6.07, 6.45) is 0. The molecule has 17 heavy (non-hydrogen) atoms. The molecule has 0 bridgehead atoms. The van der Waals surface area contributed by atoms with Crippen LogP contribution in [0.2, 0.25) is 0 Å². The van der Waals surface area contributed by atoms with Crippen molar-refractivity contribution in [1.82, 2.24) is 5.32 Å². The van der Waals surface area contributed by atoms with Crippen molar-refractivity contribution < 1.29 is 13.2 Å². The highest BCUT2D eigenvalue weighted by Gasteiger charge is 2.38. The lowest BCUT2D eigenvalue weighted by atomic mass is 9.95. The minimum atomic E-state index is -3.13. The summed E-state index contributed by atoms with van der Waals surface area (Å²) in [5.74, 6) is -4.86. The van der Waals surface area contributed by atoms with E-state index >= 15 is 0 Å². The maximum atomic E-state index is 13.9. The molecule has 0 saturated carbocycles. The number of rotatable bonds is 5. The molecular weight excluding hydrogens is 227 g/mol. The van der Waals surface area contributed by atoms with Crippen LogP contribution in [0.4, 0.5) is 13.2 Å². The van der Waals surface area contributed by atoms with Crippen LogP contribution in [0.1, 0.15) is 31.9 Å². The smallest absolute Gasteiger partial charge is 0.278 e. The Balaban J connectivity index is 3.10. The first-order valence-electron chi connectivity index (χ1n) is 5.77. The lowest BCUT2D eigenvalue weighted by molar-refractivity contribution is -0.0544. The van der Waals surface area contributed by atoms with Crippen molar-refractivity contribution in [3.05, 3.63) is 35.1 Å². The van der Waals surface area contributed by atoms with E-state index in [9.17, 15) is 13.2 Å². The van der Waals surface area contributed by atoms with E-state index in [1.54, 1.807) is 0 Å². The lowest BCUT2D eigenvalue weighted by Gasteiger charge is -2.22. The van der Waals surface area contributed by atoms with Gasteiger partial charge in [0.25, 0.3) is 5.92 Å². The number of nitrogens with one attached hydrogen (secondary N) is 1. The summed E-state index contributed by atoms with van der Waals surface area (Å²) < 4.78 is 41.5. The molecular formula is C13H18F3N. The number of benzene rings is 1. The van der Waals surface area contributed by atoms with E-state index in [0.717, 1.165) is 6.07 Å². The van der Waals surface area contributed by atoms with Crippen molar-refractivity contribution >= 4 is 0 Å². The third-order valence-corrected chi connectivity index (χ3v) is 2.73. The SMILES string of the molecule is CCNCc1cccc(C(F)(F)C(C)C)c1F. The molecule has 1 N–H and O–H groups in total. The summed E-state index contributed by atoms with van der Waals surface area (Å²) in [4.78, 5) is 0. The molecule has 1 aromatic rings. The minimum Gasteiger partial charge on any atom is -0.313 e. The Morgan fingerprint density at radius 3 is 2.47 bits per heavy atom. The molecule has 4 heteroatoms. The van der Waals surface area contributed by atoms with E-state index < -0.39 is 23.2 Å². The first kappa shape index (κ1) is 14.0. The van der Waals surface area contributed by atoms with Crippen molar-refractivity contribution in [3.8, 4) is 0 Å². The number of hydrogen-bond donors (Lipinski definition) is 1. The average Bonchev–Trinajstić information content (AvgIpc) is 2.27. The van der Waals surface area contributed by atoms with Crippen LogP contribution in [0, 0.1) is 11.7 Å². The van der Waals surface area contributed by atoms with Gasteiger partial charge in [0.05, 0.1) is 5.56 Å². The molecule has 0 aliphatic heterocycles. The number of halogens is 3. The number of alkyl halides is 2. The Bertz CT molecular complexity index is 375. The summed E-state index contributed by atoms with van der Waals surface area (Å²) in [7, 11) is 0. The third kappa shape index (κ3) is 3.00. The standard InChI is InChI=1S/C13H18F3N/c1-4-17-8-10-6-5-7-11(12(10)14)13(15,16)9(2)3/h5-7,9,17H,4,8H2,1-3H3. The van der Waals surface area contributed by atoms with Crippen LogP contribution >= 0.6 is 0 Å². The van der Waals surface area contributed by atoms with Gasteiger partial charge in [-0.2, -0.15) is 0 Å². The number of hydrogen-bond acceptors (Lipinski definition) is 1. The summed E-state index contributed by atoms with van der Waals surface area (Å²) in [6.45, 7) is 5.59. The largest absolute Gasteiger partial charge is 0.313 e. The summed E-state index contributed by atoms with van der Waals surface area (Å²) >= 11 is 0. The predicted octanol–water partition coefficient (Wildman–Crippen LogP) is 3.68. The van der Waals surface area contributed by atoms with Gasteiger partial charge in [0.15, 0.2) is 0 Å². The molecule has 0 radical (unpaired) electrons. The van der Waals surface area contributed by atoms with Crippen molar-refractivity contribution in [2.45, 2.75) is 33.2 Å². The van der Waals surface area contributed by atoms with Crippen LogP contribution in [0.3, 0.4) is 0 Å². The molecule has 96 valence electrons. The van der Waals surface area contributed by atoms with Gasteiger partial charge in [-0.1, -0.05) is 39.0 Å². The highest BCUT2D eigenvalue weighted by Crippen LogP contribution is 2.37. The van der Waals surface area contributed by atoms with Crippen LogP contribution in [0.5, 0.6) is 0 Å². The van der Waals surface area contributed by atoms with Crippen molar-refractivity contribution in [3.63, 3.8) is 0 Å². The molecule has 1 nitrogen and oxygen atoms in total. The molecule has 0 saturated heterocycles. The van der Waals surface area contributed by atoms with E-state index in [0.29, 0.717) is 6.54 Å². The van der Waals surface area contributed by atoms with Crippen LogP contribution in [0.25, 0.3) is 0 Å². The first-order chi connectivity index (χ1) is 7.91. The van der Waals surface area contributed by atoms with E-state index in [1.807, 2.05) is 6.92 Å². The molecule has 0 heterocycles. The zero-order valence-corrected chi connectivity index (χ0v) is 10.4. The van der Waals surface area contributed by atoms with Gasteiger partial charge in [-0.25, -0.2) is 13.2 Å². The van der Waals surface area contributed by atoms with Crippen molar-refractivity contribution in [2.24, 2.45) is 5.92 Å². The molecule has 0 amide bonds. The normalized spacial score (nSPS) is 12.2. The van der Waals surface area contributed by atoms with Crippen molar-refractivity contribution in [2.75, 3.05) is 6.54 Å². The summed E-state index contributed by atoms with van der Waals surface area (Å²) in [6, 6.07) is 4.16. The van der Waals surface area contributed by atoms with E-state index in [1.165, 1.54) is 26.0 Å². The van der Waals surface area contributed by atoms with Gasteiger partial charge in [0, 0.05) is 18.0 Å². The maximum Gasteiger partial charge on any atom is 0.278 e.